The van der Waals surface area contributed by atoms with Gasteiger partial charge in [-0.3, -0.25) is 4.84 Å². The fraction of sp³-hybridized carbons (Fsp3) is 0.500. The number of pyridine rings is 1. The molecule has 0 aromatic carbocycles. The molecule has 0 radical (unpaired) electrons. The first-order chi connectivity index (χ1) is 9.14. The molecule has 4 atom stereocenters. The third-order valence-electron chi connectivity index (χ3n) is 3.70. The van der Waals surface area contributed by atoms with Crippen molar-refractivity contribution in [3.8, 4) is 0 Å². The maximum absolute atomic E-state index is 6.02. The molecular weight excluding hydrogens is 244 g/mol. The van der Waals surface area contributed by atoms with Crippen LogP contribution in [0.3, 0.4) is 0 Å². The molecule has 0 amide bonds. The van der Waals surface area contributed by atoms with Gasteiger partial charge in [-0.15, -0.1) is 0 Å². The molecule has 2 fully saturated rings. The van der Waals surface area contributed by atoms with E-state index in [-0.39, 0.29) is 24.4 Å². The van der Waals surface area contributed by atoms with E-state index in [0.29, 0.717) is 0 Å². The van der Waals surface area contributed by atoms with E-state index in [4.69, 9.17) is 14.3 Å². The summed E-state index contributed by atoms with van der Waals surface area (Å²) >= 11 is 0. The first-order valence-electron chi connectivity index (χ1n) is 6.55. The molecule has 4 aliphatic rings. The highest BCUT2D eigenvalue weighted by molar-refractivity contribution is 5.41. The Balaban J connectivity index is 1.68. The van der Waals surface area contributed by atoms with Crippen molar-refractivity contribution in [2.45, 2.75) is 44.0 Å². The molecule has 2 saturated heterocycles. The van der Waals surface area contributed by atoms with Crippen molar-refractivity contribution in [2.24, 2.45) is 0 Å². The molecule has 5 rings (SSSR count). The summed E-state index contributed by atoms with van der Waals surface area (Å²) in [4.78, 5) is 10.3. The van der Waals surface area contributed by atoms with Crippen LogP contribution in [0.2, 0.25) is 0 Å². The van der Waals surface area contributed by atoms with Gasteiger partial charge in [0.15, 0.2) is 11.6 Å². The second kappa shape index (κ2) is 3.79. The molecule has 1 aromatic rings. The fourth-order valence-corrected chi connectivity index (χ4v) is 2.98. The molecule has 5 heteroatoms. The maximum atomic E-state index is 6.02. The highest BCUT2D eigenvalue weighted by atomic mass is 16.8. The van der Waals surface area contributed by atoms with Gasteiger partial charge in [0.25, 0.3) is 0 Å². The molecular formula is C14H16N2O3. The van der Waals surface area contributed by atoms with Crippen LogP contribution < -0.4 is 5.06 Å². The smallest absolute Gasteiger partial charge is 0.164 e. The van der Waals surface area contributed by atoms with Gasteiger partial charge in [0, 0.05) is 6.20 Å². The molecule has 2 bridgehead atoms. The minimum Gasteiger partial charge on any atom is -0.342 e. The van der Waals surface area contributed by atoms with Crippen LogP contribution in [0.5, 0.6) is 0 Å². The Morgan fingerprint density at radius 3 is 2.79 bits per heavy atom. The Hall–Kier alpha value is -1.43. The number of fused-ring (bicyclic) bond motifs is 1. The van der Waals surface area contributed by atoms with E-state index in [1.807, 2.05) is 37.1 Å². The van der Waals surface area contributed by atoms with Crippen molar-refractivity contribution >= 4 is 5.82 Å². The predicted molar refractivity (Wildman–Crippen MR) is 68.3 cm³/mol. The molecule has 0 N–H and O–H groups in total. The SMILES string of the molecule is CC1(C)OC2C(O1)[C@@H]1C=CC2N(c2ccccn2)O1. The predicted octanol–water partition coefficient (Wildman–Crippen LogP) is 1.66. The zero-order valence-electron chi connectivity index (χ0n) is 10.9. The van der Waals surface area contributed by atoms with Gasteiger partial charge >= 0.3 is 0 Å². The molecule has 1 aliphatic carbocycles. The molecule has 100 valence electrons. The quantitative estimate of drug-likeness (QED) is 0.718. The summed E-state index contributed by atoms with van der Waals surface area (Å²) in [6, 6.07) is 5.78. The lowest BCUT2D eigenvalue weighted by atomic mass is 9.92. The van der Waals surface area contributed by atoms with Crippen LogP contribution in [0.4, 0.5) is 5.82 Å². The number of rotatable bonds is 1. The lowest BCUT2D eigenvalue weighted by Gasteiger charge is -2.45. The third kappa shape index (κ3) is 1.69. The lowest BCUT2D eigenvalue weighted by Crippen LogP contribution is -2.60. The maximum Gasteiger partial charge on any atom is 0.164 e. The second-order valence-electron chi connectivity index (χ2n) is 5.52. The van der Waals surface area contributed by atoms with Crippen molar-refractivity contribution in [1.82, 2.24) is 4.98 Å². The molecule has 0 spiro atoms. The zero-order valence-corrected chi connectivity index (χ0v) is 10.9. The second-order valence-corrected chi connectivity index (χ2v) is 5.52. The van der Waals surface area contributed by atoms with E-state index < -0.39 is 5.79 Å². The van der Waals surface area contributed by atoms with Crippen LogP contribution in [0.15, 0.2) is 36.5 Å². The van der Waals surface area contributed by atoms with Crippen LogP contribution in [-0.4, -0.2) is 35.1 Å². The van der Waals surface area contributed by atoms with E-state index in [0.717, 1.165) is 5.82 Å². The number of anilines is 1. The molecule has 0 saturated carbocycles. The molecule has 19 heavy (non-hydrogen) atoms. The van der Waals surface area contributed by atoms with Crippen molar-refractivity contribution in [3.05, 3.63) is 36.5 Å². The minimum atomic E-state index is -0.554. The van der Waals surface area contributed by atoms with Gasteiger partial charge in [0.1, 0.15) is 24.4 Å². The highest BCUT2D eigenvalue weighted by Gasteiger charge is 2.56. The average Bonchev–Trinajstić information content (AvgIpc) is 2.77. The topological polar surface area (TPSA) is 43.8 Å². The van der Waals surface area contributed by atoms with E-state index in [1.54, 1.807) is 6.20 Å². The van der Waals surface area contributed by atoms with Crippen LogP contribution in [-0.2, 0) is 14.3 Å². The van der Waals surface area contributed by atoms with Gasteiger partial charge in [-0.05, 0) is 26.0 Å². The standard InChI is InChI=1S/C14H16N2O3/c1-14(2)17-12-9-6-7-10(13(12)18-14)19-16(9)11-5-3-4-8-15-11/h3-10,12-13H,1-2H3/t9?,10-,12?,13?/m0/s1. The van der Waals surface area contributed by atoms with Crippen LogP contribution in [0.25, 0.3) is 0 Å². The fourth-order valence-electron chi connectivity index (χ4n) is 2.98. The first kappa shape index (κ1) is 11.4. The molecule has 5 nitrogen and oxygen atoms in total. The van der Waals surface area contributed by atoms with Crippen molar-refractivity contribution < 1.29 is 14.3 Å². The summed E-state index contributed by atoms with van der Waals surface area (Å²) in [6.45, 7) is 3.88. The minimum absolute atomic E-state index is 0.00618. The molecule has 3 unspecified atom stereocenters. The van der Waals surface area contributed by atoms with E-state index >= 15 is 0 Å². The third-order valence-corrected chi connectivity index (χ3v) is 3.70. The number of hydrogen-bond acceptors (Lipinski definition) is 5. The summed E-state index contributed by atoms with van der Waals surface area (Å²) in [5.41, 5.74) is 0. The van der Waals surface area contributed by atoms with E-state index in [1.165, 1.54) is 0 Å². The Labute approximate surface area is 111 Å². The van der Waals surface area contributed by atoms with Crippen LogP contribution in [0, 0.1) is 0 Å². The Morgan fingerprint density at radius 2 is 2.00 bits per heavy atom. The number of hydroxylamine groups is 1. The first-order valence-corrected chi connectivity index (χ1v) is 6.55. The van der Waals surface area contributed by atoms with Crippen LogP contribution in [0.1, 0.15) is 13.8 Å². The largest absolute Gasteiger partial charge is 0.342 e. The number of nitrogens with zero attached hydrogens (tertiary/aromatic N) is 2. The Bertz CT molecular complexity index is 517. The Morgan fingerprint density at radius 1 is 1.16 bits per heavy atom. The molecule has 3 aliphatic heterocycles. The van der Waals surface area contributed by atoms with Gasteiger partial charge in [-0.1, -0.05) is 18.2 Å². The van der Waals surface area contributed by atoms with Gasteiger partial charge in [-0.2, -0.15) is 0 Å². The van der Waals surface area contributed by atoms with Gasteiger partial charge in [0.05, 0.1) is 0 Å². The number of hydrogen-bond donors (Lipinski definition) is 0. The summed E-state index contributed by atoms with van der Waals surface area (Å²) in [6.07, 6.45) is 5.77. The highest BCUT2D eigenvalue weighted by Crippen LogP contribution is 2.42. The summed E-state index contributed by atoms with van der Waals surface area (Å²) < 4.78 is 11.9. The van der Waals surface area contributed by atoms with Crippen molar-refractivity contribution in [2.75, 3.05) is 5.06 Å². The van der Waals surface area contributed by atoms with E-state index in [9.17, 15) is 0 Å². The normalized spacial score (nSPS) is 38.5. The zero-order chi connectivity index (χ0) is 13.0. The monoisotopic (exact) mass is 260 g/mol. The van der Waals surface area contributed by atoms with Crippen LogP contribution >= 0.6 is 0 Å². The van der Waals surface area contributed by atoms with Gasteiger partial charge < -0.3 is 9.47 Å². The van der Waals surface area contributed by atoms with E-state index in [2.05, 4.69) is 17.1 Å². The van der Waals surface area contributed by atoms with Crippen molar-refractivity contribution in [1.29, 1.82) is 0 Å². The lowest BCUT2D eigenvalue weighted by molar-refractivity contribution is -0.150. The molecule has 1 aromatic heterocycles. The number of ether oxygens (including phenoxy) is 2. The van der Waals surface area contributed by atoms with Gasteiger partial charge in [0.2, 0.25) is 0 Å². The average molecular weight is 260 g/mol. The summed E-state index contributed by atoms with van der Waals surface area (Å²) in [5.74, 6) is 0.245. The number of aromatic nitrogens is 1. The summed E-state index contributed by atoms with van der Waals surface area (Å²) in [5, 5.41) is 1.83. The van der Waals surface area contributed by atoms with Crippen molar-refractivity contribution in [3.63, 3.8) is 0 Å². The Kier molecular flexibility index (Phi) is 2.27. The van der Waals surface area contributed by atoms with Gasteiger partial charge in [-0.25, -0.2) is 10.0 Å². The molecule has 4 heterocycles. The summed E-state index contributed by atoms with van der Waals surface area (Å²) in [7, 11) is 0.